The fourth-order valence-corrected chi connectivity index (χ4v) is 2.35. The SMILES string of the molecule is O=C(O)c1ccc(NCC2CCOC2)cc1Br. The molecule has 1 saturated heterocycles. The van der Waals surface area contributed by atoms with Crippen molar-refractivity contribution in [1.29, 1.82) is 0 Å². The number of halogens is 1. The van der Waals surface area contributed by atoms with E-state index in [1.807, 2.05) is 0 Å². The van der Waals surface area contributed by atoms with Crippen molar-refractivity contribution in [3.05, 3.63) is 28.2 Å². The Bertz CT molecular complexity index is 416. The second kappa shape index (κ2) is 5.51. The first-order valence-electron chi connectivity index (χ1n) is 5.51. The van der Waals surface area contributed by atoms with Crippen molar-refractivity contribution in [2.45, 2.75) is 6.42 Å². The average Bonchev–Trinajstić information content (AvgIpc) is 2.78. The van der Waals surface area contributed by atoms with E-state index in [4.69, 9.17) is 9.84 Å². The van der Waals surface area contributed by atoms with Crippen molar-refractivity contribution < 1.29 is 14.6 Å². The Kier molecular flexibility index (Phi) is 4.02. The van der Waals surface area contributed by atoms with E-state index >= 15 is 0 Å². The van der Waals surface area contributed by atoms with Crippen molar-refractivity contribution in [3.63, 3.8) is 0 Å². The summed E-state index contributed by atoms with van der Waals surface area (Å²) in [7, 11) is 0. The lowest BCUT2D eigenvalue weighted by Gasteiger charge is -2.11. The van der Waals surface area contributed by atoms with Gasteiger partial charge in [0.2, 0.25) is 0 Å². The molecule has 0 spiro atoms. The zero-order valence-corrected chi connectivity index (χ0v) is 10.9. The molecule has 0 bridgehead atoms. The Morgan fingerprint density at radius 1 is 1.59 bits per heavy atom. The molecule has 4 nitrogen and oxygen atoms in total. The van der Waals surface area contributed by atoms with Gasteiger partial charge in [-0.2, -0.15) is 0 Å². The molecule has 0 radical (unpaired) electrons. The van der Waals surface area contributed by atoms with Gasteiger partial charge in [0.25, 0.3) is 0 Å². The van der Waals surface area contributed by atoms with Crippen LogP contribution in [0.3, 0.4) is 0 Å². The Morgan fingerprint density at radius 2 is 2.41 bits per heavy atom. The highest BCUT2D eigenvalue weighted by Crippen LogP contribution is 2.22. The maximum atomic E-state index is 10.8. The van der Waals surface area contributed by atoms with Crippen molar-refractivity contribution in [2.24, 2.45) is 5.92 Å². The van der Waals surface area contributed by atoms with Crippen LogP contribution in [0.5, 0.6) is 0 Å². The molecule has 1 atom stereocenters. The van der Waals surface area contributed by atoms with E-state index in [0.717, 1.165) is 31.9 Å². The first kappa shape index (κ1) is 12.4. The van der Waals surface area contributed by atoms with Gasteiger partial charge in [0, 0.05) is 29.2 Å². The molecule has 5 heteroatoms. The van der Waals surface area contributed by atoms with Crippen LogP contribution in [-0.4, -0.2) is 30.8 Å². The maximum Gasteiger partial charge on any atom is 0.336 e. The van der Waals surface area contributed by atoms with Gasteiger partial charge in [-0.15, -0.1) is 0 Å². The first-order chi connectivity index (χ1) is 8.16. The van der Waals surface area contributed by atoms with Gasteiger partial charge in [0.05, 0.1) is 12.2 Å². The Morgan fingerprint density at radius 3 is 3.00 bits per heavy atom. The number of carboxylic acids is 1. The number of nitrogens with one attached hydrogen (secondary N) is 1. The van der Waals surface area contributed by atoms with Gasteiger partial charge in [-0.05, 0) is 40.5 Å². The van der Waals surface area contributed by atoms with E-state index in [9.17, 15) is 4.79 Å². The van der Waals surface area contributed by atoms with Crippen LogP contribution in [0.4, 0.5) is 5.69 Å². The number of aromatic carboxylic acids is 1. The zero-order chi connectivity index (χ0) is 12.3. The van der Waals surface area contributed by atoms with Gasteiger partial charge in [-0.3, -0.25) is 0 Å². The number of benzene rings is 1. The molecule has 1 aromatic carbocycles. The molecule has 0 aromatic heterocycles. The smallest absolute Gasteiger partial charge is 0.336 e. The van der Waals surface area contributed by atoms with Crippen molar-refractivity contribution in [1.82, 2.24) is 0 Å². The van der Waals surface area contributed by atoms with Crippen LogP contribution in [0, 0.1) is 5.92 Å². The molecule has 1 aliphatic rings. The summed E-state index contributed by atoms with van der Waals surface area (Å²) >= 11 is 3.26. The van der Waals surface area contributed by atoms with Gasteiger partial charge in [-0.1, -0.05) is 0 Å². The third kappa shape index (κ3) is 3.20. The Hall–Kier alpha value is -1.07. The molecule has 17 heavy (non-hydrogen) atoms. The fraction of sp³-hybridized carbons (Fsp3) is 0.417. The third-order valence-electron chi connectivity index (χ3n) is 2.82. The van der Waals surface area contributed by atoms with E-state index in [1.54, 1.807) is 18.2 Å². The predicted octanol–water partition coefficient (Wildman–Crippen LogP) is 2.60. The minimum Gasteiger partial charge on any atom is -0.478 e. The predicted molar refractivity (Wildman–Crippen MR) is 68.5 cm³/mol. The minimum absolute atomic E-state index is 0.278. The highest BCUT2D eigenvalue weighted by Gasteiger charge is 2.15. The largest absolute Gasteiger partial charge is 0.478 e. The van der Waals surface area contributed by atoms with E-state index in [1.165, 1.54) is 0 Å². The summed E-state index contributed by atoms with van der Waals surface area (Å²) in [6, 6.07) is 5.17. The highest BCUT2D eigenvalue weighted by molar-refractivity contribution is 9.10. The van der Waals surface area contributed by atoms with Gasteiger partial charge in [-0.25, -0.2) is 4.79 Å². The number of carboxylic acid groups (broad SMARTS) is 1. The second-order valence-electron chi connectivity index (χ2n) is 4.11. The standard InChI is InChI=1S/C12H14BrNO3/c13-11-5-9(1-2-10(11)12(15)16)14-6-8-3-4-17-7-8/h1-2,5,8,14H,3-4,6-7H2,(H,15,16). The summed E-state index contributed by atoms with van der Waals surface area (Å²) in [4.78, 5) is 10.8. The van der Waals surface area contributed by atoms with Crippen LogP contribution in [0.2, 0.25) is 0 Å². The summed E-state index contributed by atoms with van der Waals surface area (Å²) in [5.74, 6) is -0.374. The average molecular weight is 300 g/mol. The zero-order valence-electron chi connectivity index (χ0n) is 9.28. The molecule has 92 valence electrons. The van der Waals surface area contributed by atoms with Gasteiger partial charge >= 0.3 is 5.97 Å². The summed E-state index contributed by atoms with van der Waals surface area (Å²) in [6.07, 6.45) is 1.08. The molecule has 0 amide bonds. The molecule has 2 rings (SSSR count). The number of carbonyl (C=O) groups is 1. The van der Waals surface area contributed by atoms with Gasteiger partial charge in [0.15, 0.2) is 0 Å². The normalized spacial score (nSPS) is 19.2. The number of hydrogen-bond acceptors (Lipinski definition) is 3. The Labute approximate surface area is 108 Å². The van der Waals surface area contributed by atoms with Crippen molar-refractivity contribution in [3.8, 4) is 0 Å². The molecule has 0 saturated carbocycles. The molecule has 1 fully saturated rings. The second-order valence-corrected chi connectivity index (χ2v) is 4.96. The monoisotopic (exact) mass is 299 g/mol. The van der Waals surface area contributed by atoms with Crippen LogP contribution >= 0.6 is 15.9 Å². The number of anilines is 1. The fourth-order valence-electron chi connectivity index (χ4n) is 1.81. The topological polar surface area (TPSA) is 58.6 Å². The maximum absolute atomic E-state index is 10.8. The van der Waals surface area contributed by atoms with E-state index in [0.29, 0.717) is 10.4 Å². The van der Waals surface area contributed by atoms with Crippen LogP contribution < -0.4 is 5.32 Å². The quantitative estimate of drug-likeness (QED) is 0.897. The number of rotatable bonds is 4. The Balaban J connectivity index is 1.97. The summed E-state index contributed by atoms with van der Waals surface area (Å²) < 4.78 is 5.89. The summed E-state index contributed by atoms with van der Waals surface area (Å²) in [5, 5.41) is 12.2. The van der Waals surface area contributed by atoms with Gasteiger partial charge < -0.3 is 15.2 Å². The van der Waals surface area contributed by atoms with Crippen LogP contribution in [0.15, 0.2) is 22.7 Å². The van der Waals surface area contributed by atoms with Crippen LogP contribution in [0.1, 0.15) is 16.8 Å². The molecule has 1 aromatic rings. The van der Waals surface area contributed by atoms with Crippen molar-refractivity contribution in [2.75, 3.05) is 25.1 Å². The van der Waals surface area contributed by atoms with Crippen LogP contribution in [-0.2, 0) is 4.74 Å². The molecule has 1 unspecified atom stereocenters. The molecule has 1 heterocycles. The van der Waals surface area contributed by atoms with Gasteiger partial charge in [0.1, 0.15) is 0 Å². The number of ether oxygens (including phenoxy) is 1. The lowest BCUT2D eigenvalue weighted by Crippen LogP contribution is -2.14. The third-order valence-corrected chi connectivity index (χ3v) is 3.47. The minimum atomic E-state index is -0.924. The first-order valence-corrected chi connectivity index (χ1v) is 6.30. The lowest BCUT2D eigenvalue weighted by molar-refractivity contribution is 0.0696. The van der Waals surface area contributed by atoms with E-state index in [2.05, 4.69) is 21.2 Å². The van der Waals surface area contributed by atoms with Crippen molar-refractivity contribution >= 4 is 27.6 Å². The van der Waals surface area contributed by atoms with E-state index < -0.39 is 5.97 Å². The van der Waals surface area contributed by atoms with E-state index in [-0.39, 0.29) is 5.56 Å². The molecule has 2 N–H and O–H groups in total. The molecular formula is C12H14BrNO3. The lowest BCUT2D eigenvalue weighted by atomic mass is 10.1. The molecular weight excluding hydrogens is 286 g/mol. The van der Waals surface area contributed by atoms with Crippen LogP contribution in [0.25, 0.3) is 0 Å². The summed E-state index contributed by atoms with van der Waals surface area (Å²) in [5.41, 5.74) is 1.20. The molecule has 0 aliphatic carbocycles. The number of hydrogen-bond donors (Lipinski definition) is 2. The summed E-state index contributed by atoms with van der Waals surface area (Å²) in [6.45, 7) is 2.51. The highest BCUT2D eigenvalue weighted by atomic mass is 79.9. The molecule has 1 aliphatic heterocycles.